The Morgan fingerprint density at radius 1 is 1.11 bits per heavy atom. The minimum absolute atomic E-state index is 0.207. The SMILES string of the molecule is COB(CC1CC2(Cl)C(Cl)=C(Cl)C1(Cl)C2(Cl)Cl)OC. The zero-order chi connectivity index (χ0) is 14.6. The molecule has 0 aromatic heterocycles. The average Bonchev–Trinajstić information content (AvgIpc) is 2.58. The van der Waals surface area contributed by atoms with Gasteiger partial charge in [0.05, 0.1) is 10.1 Å². The highest BCUT2D eigenvalue weighted by Crippen LogP contribution is 2.74. The van der Waals surface area contributed by atoms with E-state index in [1.165, 1.54) is 14.2 Å². The second-order valence-electron chi connectivity index (χ2n) is 4.75. The molecule has 2 nitrogen and oxygen atoms in total. The maximum atomic E-state index is 6.61. The van der Waals surface area contributed by atoms with E-state index in [1.54, 1.807) is 0 Å². The summed E-state index contributed by atoms with van der Waals surface area (Å²) in [5.74, 6) is -0.207. The highest BCUT2D eigenvalue weighted by atomic mass is 35.5. The molecule has 0 aliphatic heterocycles. The van der Waals surface area contributed by atoms with Gasteiger partial charge in [-0.1, -0.05) is 46.4 Å². The molecule has 19 heavy (non-hydrogen) atoms. The van der Waals surface area contributed by atoms with E-state index in [0.29, 0.717) is 12.7 Å². The van der Waals surface area contributed by atoms with Crippen LogP contribution in [0, 0.1) is 5.92 Å². The normalized spacial score (nSPS) is 40.1. The minimum Gasteiger partial charge on any atom is -0.414 e. The van der Waals surface area contributed by atoms with E-state index in [0.717, 1.165) is 0 Å². The van der Waals surface area contributed by atoms with Crippen LogP contribution in [0.15, 0.2) is 10.1 Å². The summed E-state index contributed by atoms with van der Waals surface area (Å²) in [4.78, 5) is -2.40. The Bertz CT molecular complexity index is 426. The Balaban J connectivity index is 2.39. The quantitative estimate of drug-likeness (QED) is 0.518. The maximum Gasteiger partial charge on any atom is 0.456 e. The predicted molar refractivity (Wildman–Crippen MR) is 83.0 cm³/mol. The van der Waals surface area contributed by atoms with Gasteiger partial charge in [-0.15, -0.1) is 23.2 Å². The van der Waals surface area contributed by atoms with Crippen molar-refractivity contribution in [1.29, 1.82) is 0 Å². The predicted octanol–water partition coefficient (Wildman–Crippen LogP) is 4.62. The summed E-state index contributed by atoms with van der Waals surface area (Å²) in [5.41, 5.74) is 0. The molecule has 3 atom stereocenters. The van der Waals surface area contributed by atoms with Crippen molar-refractivity contribution in [2.24, 2.45) is 5.92 Å². The molecule has 0 heterocycles. The first-order valence-corrected chi connectivity index (χ1v) is 7.81. The van der Waals surface area contributed by atoms with E-state index in [-0.39, 0.29) is 16.0 Å². The highest BCUT2D eigenvalue weighted by molar-refractivity contribution is 6.65. The van der Waals surface area contributed by atoms with Gasteiger partial charge >= 0.3 is 7.12 Å². The molecular weight excluding hydrogens is 376 g/mol. The second kappa shape index (κ2) is 5.28. The van der Waals surface area contributed by atoms with Crippen molar-refractivity contribution in [3.63, 3.8) is 0 Å². The van der Waals surface area contributed by atoms with E-state index in [9.17, 15) is 0 Å². The molecule has 2 aliphatic rings. The lowest BCUT2D eigenvalue weighted by Gasteiger charge is -2.34. The van der Waals surface area contributed by atoms with Crippen molar-refractivity contribution >= 4 is 76.7 Å². The van der Waals surface area contributed by atoms with Crippen LogP contribution in [-0.2, 0) is 9.31 Å². The van der Waals surface area contributed by atoms with Crippen molar-refractivity contribution in [1.82, 2.24) is 0 Å². The van der Waals surface area contributed by atoms with Crippen molar-refractivity contribution in [3.8, 4) is 0 Å². The lowest BCUT2D eigenvalue weighted by Crippen LogP contribution is -2.45. The van der Waals surface area contributed by atoms with Crippen LogP contribution in [-0.4, -0.2) is 35.4 Å². The van der Waals surface area contributed by atoms with Crippen molar-refractivity contribution in [2.75, 3.05) is 14.2 Å². The Hall–Kier alpha value is 1.46. The second-order valence-corrected chi connectivity index (χ2v) is 8.08. The third kappa shape index (κ3) is 2.00. The standard InChI is InChI=1S/C10H11BCl6O2/c1-18-11(19-2)4-5-3-8(14)6(12)7(13)9(5,15)10(8,16)17/h5H,3-4H2,1-2H3. The van der Waals surface area contributed by atoms with E-state index in [4.69, 9.17) is 78.9 Å². The van der Waals surface area contributed by atoms with Gasteiger partial charge in [-0.25, -0.2) is 0 Å². The van der Waals surface area contributed by atoms with Crippen LogP contribution in [0.1, 0.15) is 6.42 Å². The molecule has 0 spiro atoms. The van der Waals surface area contributed by atoms with Crippen LogP contribution in [0.2, 0.25) is 6.32 Å². The van der Waals surface area contributed by atoms with E-state index >= 15 is 0 Å². The number of fused-ring (bicyclic) bond motifs is 2. The number of halogens is 6. The molecule has 9 heteroatoms. The molecule has 0 aromatic rings. The molecule has 2 bridgehead atoms. The summed E-state index contributed by atoms with van der Waals surface area (Å²) in [6.45, 7) is 0. The largest absolute Gasteiger partial charge is 0.456 e. The summed E-state index contributed by atoms with van der Waals surface area (Å²) in [5, 5.41) is 0.427. The zero-order valence-electron chi connectivity index (χ0n) is 10.2. The number of rotatable bonds is 4. The number of hydrogen-bond donors (Lipinski definition) is 0. The molecule has 2 rings (SSSR count). The third-order valence-electron chi connectivity index (χ3n) is 3.91. The molecule has 3 unspecified atom stereocenters. The first-order valence-electron chi connectivity index (χ1n) is 5.54. The average molecular weight is 387 g/mol. The minimum atomic E-state index is -1.48. The van der Waals surface area contributed by atoms with Gasteiger partial charge in [0.2, 0.25) is 0 Å². The van der Waals surface area contributed by atoms with Crippen LogP contribution in [0.25, 0.3) is 0 Å². The molecule has 108 valence electrons. The van der Waals surface area contributed by atoms with Gasteiger partial charge in [-0.3, -0.25) is 0 Å². The monoisotopic (exact) mass is 384 g/mol. The van der Waals surface area contributed by atoms with Gasteiger partial charge in [-0.05, 0) is 18.7 Å². The molecule has 2 aliphatic carbocycles. The van der Waals surface area contributed by atoms with Gasteiger partial charge in [-0.2, -0.15) is 0 Å². The van der Waals surface area contributed by atoms with Crippen LogP contribution in [0.3, 0.4) is 0 Å². The molecule has 0 N–H and O–H groups in total. The van der Waals surface area contributed by atoms with Gasteiger partial charge < -0.3 is 9.31 Å². The molecule has 1 saturated carbocycles. The number of alkyl halides is 4. The fourth-order valence-corrected chi connectivity index (χ4v) is 5.65. The highest BCUT2D eigenvalue weighted by Gasteiger charge is 2.78. The number of hydrogen-bond acceptors (Lipinski definition) is 2. The Labute approximate surface area is 142 Å². The zero-order valence-corrected chi connectivity index (χ0v) is 14.7. The van der Waals surface area contributed by atoms with E-state index in [2.05, 4.69) is 0 Å². The first kappa shape index (κ1) is 16.8. The van der Waals surface area contributed by atoms with Crippen molar-refractivity contribution < 1.29 is 9.31 Å². The smallest absolute Gasteiger partial charge is 0.414 e. The molecule has 0 aromatic carbocycles. The van der Waals surface area contributed by atoms with Crippen LogP contribution in [0.4, 0.5) is 0 Å². The van der Waals surface area contributed by atoms with Crippen LogP contribution in [0.5, 0.6) is 0 Å². The van der Waals surface area contributed by atoms with Gasteiger partial charge in [0.1, 0.15) is 9.75 Å². The number of allylic oxidation sites excluding steroid dienone is 2. The van der Waals surface area contributed by atoms with Gasteiger partial charge in [0.25, 0.3) is 0 Å². The summed E-state index contributed by atoms with van der Waals surface area (Å²) in [7, 11) is 2.64. The fourth-order valence-electron chi connectivity index (χ4n) is 2.80. The Morgan fingerprint density at radius 2 is 1.63 bits per heavy atom. The van der Waals surface area contributed by atoms with Crippen LogP contribution < -0.4 is 0 Å². The summed E-state index contributed by atoms with van der Waals surface area (Å²) in [6.07, 6.45) is 0.871. The lowest BCUT2D eigenvalue weighted by atomic mass is 9.72. The van der Waals surface area contributed by atoms with Gasteiger partial charge in [0.15, 0.2) is 4.33 Å². The topological polar surface area (TPSA) is 18.5 Å². The maximum absolute atomic E-state index is 6.61. The lowest BCUT2D eigenvalue weighted by molar-refractivity contribution is 0.266. The third-order valence-corrected chi connectivity index (χ3v) is 8.23. The summed E-state index contributed by atoms with van der Waals surface area (Å²) < 4.78 is 8.87. The van der Waals surface area contributed by atoms with Gasteiger partial charge in [0, 0.05) is 14.2 Å². The molecule has 0 radical (unpaired) electrons. The molecule has 0 saturated heterocycles. The van der Waals surface area contributed by atoms with E-state index in [1.807, 2.05) is 0 Å². The fraction of sp³-hybridized carbons (Fsp3) is 0.800. The van der Waals surface area contributed by atoms with Crippen molar-refractivity contribution in [3.05, 3.63) is 10.1 Å². The summed E-state index contributed by atoms with van der Waals surface area (Å²) in [6, 6.07) is 0. The molecule has 1 fully saturated rings. The Kier molecular flexibility index (Phi) is 4.67. The first-order chi connectivity index (χ1) is 8.66. The Morgan fingerprint density at radius 3 is 2.00 bits per heavy atom. The van der Waals surface area contributed by atoms with E-state index < -0.39 is 21.2 Å². The van der Waals surface area contributed by atoms with Crippen molar-refractivity contribution in [2.45, 2.75) is 26.8 Å². The molecule has 0 amide bonds. The van der Waals surface area contributed by atoms with Crippen LogP contribution >= 0.6 is 69.6 Å². The molecular formula is C10H11BCl6O2. The summed E-state index contributed by atoms with van der Waals surface area (Å²) >= 11 is 38.2.